The summed E-state index contributed by atoms with van der Waals surface area (Å²) in [6.45, 7) is 0.588. The Kier molecular flexibility index (Phi) is 3.49. The van der Waals surface area contributed by atoms with E-state index in [9.17, 15) is 0 Å². The van der Waals surface area contributed by atoms with Crippen LogP contribution in [0.4, 0.5) is 0 Å². The van der Waals surface area contributed by atoms with Gasteiger partial charge in [-0.1, -0.05) is 0 Å². The van der Waals surface area contributed by atoms with Gasteiger partial charge in [0, 0.05) is 17.1 Å². The van der Waals surface area contributed by atoms with E-state index < -0.39 is 0 Å². The van der Waals surface area contributed by atoms with Crippen molar-refractivity contribution in [3.63, 3.8) is 0 Å². The number of aromatic nitrogens is 1. The molecule has 0 aliphatic heterocycles. The van der Waals surface area contributed by atoms with Gasteiger partial charge in [0.05, 0.1) is 12.8 Å². The molecule has 1 aromatic rings. The minimum atomic E-state index is 0.588. The molecular formula is C8H11BrN2O. The number of ether oxygens (including phenoxy) is 1. The van der Waals surface area contributed by atoms with Crippen molar-refractivity contribution in [2.24, 2.45) is 5.73 Å². The van der Waals surface area contributed by atoms with E-state index in [-0.39, 0.29) is 0 Å². The van der Waals surface area contributed by atoms with E-state index >= 15 is 0 Å². The van der Waals surface area contributed by atoms with Crippen molar-refractivity contribution in [2.45, 2.75) is 6.42 Å². The summed E-state index contributed by atoms with van der Waals surface area (Å²) in [6, 6.07) is 1.89. The minimum Gasteiger partial charge on any atom is -0.495 e. The summed E-state index contributed by atoms with van der Waals surface area (Å²) in [5.41, 5.74) is 6.32. The Morgan fingerprint density at radius 2 is 2.42 bits per heavy atom. The SMILES string of the molecule is COc1cc(Br)cnc1CCN. The predicted molar refractivity (Wildman–Crippen MR) is 51.2 cm³/mol. The van der Waals surface area contributed by atoms with Gasteiger partial charge in [0.2, 0.25) is 0 Å². The monoisotopic (exact) mass is 230 g/mol. The standard InChI is InChI=1S/C8H11BrN2O/c1-12-8-4-6(9)5-11-7(8)2-3-10/h4-5H,2-3,10H2,1H3. The number of rotatable bonds is 3. The number of nitrogens with zero attached hydrogens (tertiary/aromatic N) is 1. The highest BCUT2D eigenvalue weighted by Gasteiger charge is 2.03. The van der Waals surface area contributed by atoms with Crippen molar-refractivity contribution >= 4 is 15.9 Å². The van der Waals surface area contributed by atoms with Crippen molar-refractivity contribution in [3.8, 4) is 5.75 Å². The normalized spacial score (nSPS) is 9.92. The Morgan fingerprint density at radius 1 is 1.67 bits per heavy atom. The molecule has 0 spiro atoms. The molecule has 0 saturated heterocycles. The molecule has 0 fully saturated rings. The Labute approximate surface area is 80.1 Å². The summed E-state index contributed by atoms with van der Waals surface area (Å²) in [5.74, 6) is 0.787. The number of nitrogens with two attached hydrogens (primary N) is 1. The molecule has 66 valence electrons. The summed E-state index contributed by atoms with van der Waals surface area (Å²) >= 11 is 3.31. The highest BCUT2D eigenvalue weighted by molar-refractivity contribution is 9.10. The first-order valence-electron chi connectivity index (χ1n) is 3.66. The van der Waals surface area contributed by atoms with Crippen LogP contribution < -0.4 is 10.5 Å². The number of pyridine rings is 1. The second kappa shape index (κ2) is 4.42. The summed E-state index contributed by atoms with van der Waals surface area (Å²) in [6.07, 6.45) is 2.49. The van der Waals surface area contributed by atoms with Crippen LogP contribution in [0.2, 0.25) is 0 Å². The van der Waals surface area contributed by atoms with E-state index in [1.807, 2.05) is 6.07 Å². The fraction of sp³-hybridized carbons (Fsp3) is 0.375. The quantitative estimate of drug-likeness (QED) is 0.854. The fourth-order valence-corrected chi connectivity index (χ4v) is 1.26. The summed E-state index contributed by atoms with van der Waals surface area (Å²) in [7, 11) is 1.63. The van der Waals surface area contributed by atoms with Crippen LogP contribution >= 0.6 is 15.9 Å². The van der Waals surface area contributed by atoms with Gasteiger partial charge in [0.15, 0.2) is 0 Å². The Hall–Kier alpha value is -0.610. The maximum Gasteiger partial charge on any atom is 0.141 e. The third kappa shape index (κ3) is 2.19. The van der Waals surface area contributed by atoms with Crippen LogP contribution in [0.1, 0.15) is 5.69 Å². The van der Waals surface area contributed by atoms with Gasteiger partial charge in [-0.3, -0.25) is 4.98 Å². The van der Waals surface area contributed by atoms with E-state index in [1.54, 1.807) is 13.3 Å². The molecule has 0 atom stereocenters. The van der Waals surface area contributed by atoms with Crippen LogP contribution in [0, 0.1) is 0 Å². The van der Waals surface area contributed by atoms with E-state index in [0.717, 1.165) is 22.3 Å². The van der Waals surface area contributed by atoms with Crippen LogP contribution in [-0.4, -0.2) is 18.6 Å². The molecule has 0 unspecified atom stereocenters. The van der Waals surface area contributed by atoms with Gasteiger partial charge in [-0.05, 0) is 28.5 Å². The zero-order valence-electron chi connectivity index (χ0n) is 6.88. The molecule has 0 radical (unpaired) electrons. The number of methoxy groups -OCH3 is 1. The zero-order chi connectivity index (χ0) is 8.97. The lowest BCUT2D eigenvalue weighted by atomic mass is 10.2. The molecule has 0 aliphatic carbocycles. The predicted octanol–water partition coefficient (Wildman–Crippen LogP) is 1.35. The Balaban J connectivity index is 2.94. The molecule has 1 rings (SSSR count). The van der Waals surface area contributed by atoms with Crippen molar-refractivity contribution in [1.82, 2.24) is 4.98 Å². The third-order valence-corrected chi connectivity index (χ3v) is 1.93. The van der Waals surface area contributed by atoms with E-state index in [1.165, 1.54) is 0 Å². The van der Waals surface area contributed by atoms with Crippen molar-refractivity contribution in [3.05, 3.63) is 22.4 Å². The molecule has 12 heavy (non-hydrogen) atoms. The lowest BCUT2D eigenvalue weighted by Crippen LogP contribution is -2.05. The van der Waals surface area contributed by atoms with Gasteiger partial charge in [-0.2, -0.15) is 0 Å². The fourth-order valence-electron chi connectivity index (χ4n) is 0.950. The molecule has 0 bridgehead atoms. The highest BCUT2D eigenvalue weighted by Crippen LogP contribution is 2.20. The molecule has 0 amide bonds. The van der Waals surface area contributed by atoms with Crippen molar-refractivity contribution < 1.29 is 4.74 Å². The number of halogens is 1. The molecular weight excluding hydrogens is 220 g/mol. The second-order valence-electron chi connectivity index (χ2n) is 2.34. The minimum absolute atomic E-state index is 0.588. The Morgan fingerprint density at radius 3 is 3.00 bits per heavy atom. The summed E-state index contributed by atoms with van der Waals surface area (Å²) < 4.78 is 6.05. The van der Waals surface area contributed by atoms with Gasteiger partial charge in [-0.15, -0.1) is 0 Å². The number of hydrogen-bond donors (Lipinski definition) is 1. The van der Waals surface area contributed by atoms with Gasteiger partial charge >= 0.3 is 0 Å². The molecule has 0 aliphatic rings. The maximum atomic E-state index is 5.41. The van der Waals surface area contributed by atoms with Gasteiger partial charge in [0.25, 0.3) is 0 Å². The molecule has 3 nitrogen and oxygen atoms in total. The first-order chi connectivity index (χ1) is 5.77. The van der Waals surface area contributed by atoms with Crippen molar-refractivity contribution in [1.29, 1.82) is 0 Å². The molecule has 4 heteroatoms. The van der Waals surface area contributed by atoms with Crippen LogP contribution in [0.15, 0.2) is 16.7 Å². The van der Waals surface area contributed by atoms with Gasteiger partial charge < -0.3 is 10.5 Å². The smallest absolute Gasteiger partial charge is 0.141 e. The van der Waals surface area contributed by atoms with Crippen LogP contribution in [-0.2, 0) is 6.42 Å². The first-order valence-corrected chi connectivity index (χ1v) is 4.45. The van der Waals surface area contributed by atoms with Crippen LogP contribution in [0.5, 0.6) is 5.75 Å². The van der Waals surface area contributed by atoms with E-state index in [2.05, 4.69) is 20.9 Å². The third-order valence-electron chi connectivity index (χ3n) is 1.50. The first kappa shape index (κ1) is 9.48. The lowest BCUT2D eigenvalue weighted by molar-refractivity contribution is 0.406. The largest absolute Gasteiger partial charge is 0.495 e. The topological polar surface area (TPSA) is 48.1 Å². The Bertz CT molecular complexity index is 265. The summed E-state index contributed by atoms with van der Waals surface area (Å²) in [4.78, 5) is 4.19. The maximum absolute atomic E-state index is 5.41. The van der Waals surface area contributed by atoms with Gasteiger partial charge in [-0.25, -0.2) is 0 Å². The molecule has 0 aromatic carbocycles. The average Bonchev–Trinajstić information content (AvgIpc) is 2.08. The molecule has 1 heterocycles. The highest BCUT2D eigenvalue weighted by atomic mass is 79.9. The van der Waals surface area contributed by atoms with Crippen molar-refractivity contribution in [2.75, 3.05) is 13.7 Å². The summed E-state index contributed by atoms with van der Waals surface area (Å²) in [5, 5.41) is 0. The molecule has 2 N–H and O–H groups in total. The average molecular weight is 231 g/mol. The second-order valence-corrected chi connectivity index (χ2v) is 3.26. The molecule has 0 saturated carbocycles. The lowest BCUT2D eigenvalue weighted by Gasteiger charge is -2.05. The van der Waals surface area contributed by atoms with Crippen LogP contribution in [0.3, 0.4) is 0 Å². The van der Waals surface area contributed by atoms with E-state index in [0.29, 0.717) is 6.54 Å². The van der Waals surface area contributed by atoms with Gasteiger partial charge in [0.1, 0.15) is 5.75 Å². The molecule has 1 aromatic heterocycles. The van der Waals surface area contributed by atoms with E-state index in [4.69, 9.17) is 10.5 Å². The number of hydrogen-bond acceptors (Lipinski definition) is 3. The van der Waals surface area contributed by atoms with Crippen LogP contribution in [0.25, 0.3) is 0 Å². The zero-order valence-corrected chi connectivity index (χ0v) is 8.47.